The van der Waals surface area contributed by atoms with Crippen molar-refractivity contribution in [3.05, 3.63) is 0 Å². The van der Waals surface area contributed by atoms with Crippen molar-refractivity contribution < 1.29 is 32.0 Å². The van der Waals surface area contributed by atoms with E-state index in [1.54, 1.807) is 0 Å². The molecule has 0 saturated carbocycles. The fourth-order valence-corrected chi connectivity index (χ4v) is 0.914. The minimum atomic E-state index is -5.01. The summed E-state index contributed by atoms with van der Waals surface area (Å²) in [5, 5.41) is 0. The Morgan fingerprint density at radius 2 is 1.64 bits per heavy atom. The molecule has 4 nitrogen and oxygen atoms in total. The van der Waals surface area contributed by atoms with Crippen LogP contribution in [0.3, 0.4) is 0 Å². The summed E-state index contributed by atoms with van der Waals surface area (Å²) in [5.41, 5.74) is 0. The Balaban J connectivity index is 4.21. The molecule has 0 aromatic rings. The molecular formula is C3H6F3O4P. The van der Waals surface area contributed by atoms with E-state index in [1.807, 2.05) is 0 Å². The second kappa shape index (κ2) is 3.53. The number of hydrogen-bond acceptors (Lipinski definition) is 4. The summed E-state index contributed by atoms with van der Waals surface area (Å²) in [6.45, 7) is 1.55. The van der Waals surface area contributed by atoms with E-state index in [4.69, 9.17) is 0 Å². The summed E-state index contributed by atoms with van der Waals surface area (Å²) in [4.78, 5) is 0. The van der Waals surface area contributed by atoms with E-state index >= 15 is 0 Å². The zero-order chi connectivity index (χ0) is 9.12. The number of rotatable bonds is 4. The van der Waals surface area contributed by atoms with Gasteiger partial charge in [-0.25, -0.2) is 13.5 Å². The molecule has 0 saturated heterocycles. The van der Waals surface area contributed by atoms with Crippen LogP contribution < -0.4 is 0 Å². The SMILES string of the molecule is CC(C)(F)OP(=O)(OF)OF. The monoisotopic (exact) mass is 194 g/mol. The van der Waals surface area contributed by atoms with Gasteiger partial charge in [0.15, 0.2) is 0 Å². The van der Waals surface area contributed by atoms with Crippen molar-refractivity contribution in [3.8, 4) is 0 Å². The summed E-state index contributed by atoms with van der Waals surface area (Å²) in [6, 6.07) is 0. The van der Waals surface area contributed by atoms with Crippen molar-refractivity contribution >= 4 is 7.82 Å². The highest BCUT2D eigenvalue weighted by Crippen LogP contribution is 2.53. The molecule has 0 aliphatic rings. The average Bonchev–Trinajstić information content (AvgIpc) is 1.84. The Kier molecular flexibility index (Phi) is 3.50. The summed E-state index contributed by atoms with van der Waals surface area (Å²) in [7, 11) is -5.01. The van der Waals surface area contributed by atoms with Crippen molar-refractivity contribution in [2.75, 3.05) is 0 Å². The molecule has 0 bridgehead atoms. The predicted octanol–water partition coefficient (Wildman–Crippen LogP) is 2.62. The Morgan fingerprint density at radius 1 is 1.27 bits per heavy atom. The van der Waals surface area contributed by atoms with E-state index in [0.29, 0.717) is 0 Å². The lowest BCUT2D eigenvalue weighted by atomic mass is 10.4. The third kappa shape index (κ3) is 4.36. The predicted molar refractivity (Wildman–Crippen MR) is 28.3 cm³/mol. The third-order valence-corrected chi connectivity index (χ3v) is 1.49. The van der Waals surface area contributed by atoms with Gasteiger partial charge in [-0.2, -0.15) is 0 Å². The molecule has 8 heteroatoms. The van der Waals surface area contributed by atoms with E-state index < -0.39 is 13.7 Å². The van der Waals surface area contributed by atoms with Crippen LogP contribution in [0.2, 0.25) is 0 Å². The van der Waals surface area contributed by atoms with Crippen molar-refractivity contribution in [3.63, 3.8) is 0 Å². The maximum absolute atomic E-state index is 12.4. The first-order valence-corrected chi connectivity index (χ1v) is 3.89. The van der Waals surface area contributed by atoms with Gasteiger partial charge in [0.1, 0.15) is 0 Å². The first-order chi connectivity index (χ1) is 4.83. The highest BCUT2D eigenvalue weighted by atomic mass is 31.2. The first kappa shape index (κ1) is 10.9. The van der Waals surface area contributed by atoms with E-state index in [0.717, 1.165) is 13.8 Å². The minimum Gasteiger partial charge on any atom is -0.246 e. The molecule has 0 unspecified atom stereocenters. The van der Waals surface area contributed by atoms with Gasteiger partial charge in [0.25, 0.3) is 0 Å². The molecule has 0 aromatic heterocycles. The number of halogens is 3. The van der Waals surface area contributed by atoms with Crippen LogP contribution in [-0.2, 0) is 18.5 Å². The van der Waals surface area contributed by atoms with Crippen molar-refractivity contribution in [2.45, 2.75) is 19.7 Å². The fourth-order valence-electron chi connectivity index (χ4n) is 0.305. The zero-order valence-corrected chi connectivity index (χ0v) is 6.61. The van der Waals surface area contributed by atoms with Gasteiger partial charge in [-0.05, 0) is 22.9 Å². The molecule has 0 radical (unpaired) electrons. The lowest BCUT2D eigenvalue weighted by Gasteiger charge is -2.16. The molecule has 0 fully saturated rings. The largest absolute Gasteiger partial charge is 0.540 e. The van der Waals surface area contributed by atoms with Crippen LogP contribution in [0.1, 0.15) is 13.8 Å². The van der Waals surface area contributed by atoms with Crippen LogP contribution in [0.25, 0.3) is 0 Å². The summed E-state index contributed by atoms with van der Waals surface area (Å²) >= 11 is 0. The van der Waals surface area contributed by atoms with Crippen molar-refractivity contribution in [1.82, 2.24) is 0 Å². The first-order valence-electron chi connectivity index (χ1n) is 2.43. The average molecular weight is 194 g/mol. The van der Waals surface area contributed by atoms with Crippen LogP contribution in [-0.4, -0.2) is 5.85 Å². The standard InChI is InChI=1S/C3H6F3O4P/c1-3(2,4)8-11(7,9-5)10-6/h1-2H3. The molecule has 0 rings (SSSR count). The van der Waals surface area contributed by atoms with Crippen LogP contribution >= 0.6 is 7.82 Å². The van der Waals surface area contributed by atoms with E-state index in [9.17, 15) is 18.0 Å². The van der Waals surface area contributed by atoms with E-state index in [1.165, 1.54) is 0 Å². The van der Waals surface area contributed by atoms with Crippen LogP contribution in [0.5, 0.6) is 0 Å². The molecule has 68 valence electrons. The quantitative estimate of drug-likeness (QED) is 0.645. The highest BCUT2D eigenvalue weighted by molar-refractivity contribution is 7.48. The molecular weight excluding hydrogens is 188 g/mol. The topological polar surface area (TPSA) is 44.8 Å². The Labute approximate surface area is 60.7 Å². The van der Waals surface area contributed by atoms with Gasteiger partial charge < -0.3 is 0 Å². The second-order valence-electron chi connectivity index (χ2n) is 2.04. The van der Waals surface area contributed by atoms with Gasteiger partial charge in [0.2, 0.25) is 5.85 Å². The van der Waals surface area contributed by atoms with E-state index in [2.05, 4.69) is 14.0 Å². The Hall–Kier alpha value is -0.100. The molecule has 0 N–H and O–H groups in total. The van der Waals surface area contributed by atoms with Gasteiger partial charge >= 0.3 is 7.82 Å². The number of phosphoric acid groups is 1. The lowest BCUT2D eigenvalue weighted by molar-refractivity contribution is -0.154. The minimum absolute atomic E-state index is 0.775. The molecule has 0 amide bonds. The van der Waals surface area contributed by atoms with Crippen LogP contribution in [0.4, 0.5) is 13.4 Å². The maximum atomic E-state index is 12.4. The van der Waals surface area contributed by atoms with Gasteiger partial charge in [0, 0.05) is 0 Å². The van der Waals surface area contributed by atoms with Crippen molar-refractivity contribution in [2.24, 2.45) is 0 Å². The number of hydrogen-bond donors (Lipinski definition) is 0. The summed E-state index contributed by atoms with van der Waals surface area (Å²) < 4.78 is 53.5. The summed E-state index contributed by atoms with van der Waals surface area (Å²) in [6.07, 6.45) is 0. The van der Waals surface area contributed by atoms with Gasteiger partial charge in [-0.3, -0.25) is 0 Å². The molecule has 11 heavy (non-hydrogen) atoms. The van der Waals surface area contributed by atoms with E-state index in [-0.39, 0.29) is 0 Å². The third-order valence-electron chi connectivity index (χ3n) is 0.498. The molecule has 0 heterocycles. The van der Waals surface area contributed by atoms with Crippen LogP contribution in [0, 0.1) is 0 Å². The number of alkyl halides is 1. The van der Waals surface area contributed by atoms with Gasteiger partial charge in [-0.15, -0.1) is 0 Å². The molecule has 0 spiro atoms. The maximum Gasteiger partial charge on any atom is 0.540 e. The molecule has 0 aliphatic carbocycles. The van der Waals surface area contributed by atoms with Crippen LogP contribution in [0.15, 0.2) is 0 Å². The summed E-state index contributed by atoms with van der Waals surface area (Å²) in [5.74, 6) is -2.51. The molecule has 0 aromatic carbocycles. The molecule has 0 aliphatic heterocycles. The normalized spacial score (nSPS) is 13.5. The Morgan fingerprint density at radius 3 is 1.73 bits per heavy atom. The molecule has 0 atom stereocenters. The van der Waals surface area contributed by atoms with Crippen molar-refractivity contribution in [1.29, 1.82) is 0 Å². The smallest absolute Gasteiger partial charge is 0.246 e. The zero-order valence-electron chi connectivity index (χ0n) is 5.71. The van der Waals surface area contributed by atoms with Gasteiger partial charge in [-0.1, -0.05) is 9.46 Å². The second-order valence-corrected chi connectivity index (χ2v) is 3.39. The fraction of sp³-hybridized carbons (Fsp3) is 1.00. The van der Waals surface area contributed by atoms with Gasteiger partial charge in [0.05, 0.1) is 0 Å². The highest BCUT2D eigenvalue weighted by Gasteiger charge is 2.37. The Bertz CT molecular complexity index is 158. The lowest BCUT2D eigenvalue weighted by Crippen LogP contribution is -2.15.